The van der Waals surface area contributed by atoms with Gasteiger partial charge >= 0.3 is 0 Å². The lowest BCUT2D eigenvalue weighted by molar-refractivity contribution is -0.126. The Morgan fingerprint density at radius 1 is 1.06 bits per heavy atom. The number of rotatable bonds is 8. The summed E-state index contributed by atoms with van der Waals surface area (Å²) in [5.41, 5.74) is 1.71. The monoisotopic (exact) mass is 521 g/mol. The third kappa shape index (κ3) is 5.68. The lowest BCUT2D eigenvalue weighted by Gasteiger charge is -2.28. The van der Waals surface area contributed by atoms with Crippen molar-refractivity contribution in [2.45, 2.75) is 49.7 Å². The molecule has 1 aliphatic rings. The van der Waals surface area contributed by atoms with E-state index in [1.54, 1.807) is 6.26 Å². The molecular weight excluding hydrogens is 494 g/mol. The first-order chi connectivity index (χ1) is 17.6. The molecule has 8 heteroatoms. The van der Waals surface area contributed by atoms with Crippen LogP contribution in [0.25, 0.3) is 10.9 Å². The first-order valence-electron chi connectivity index (χ1n) is 12.2. The van der Waals surface area contributed by atoms with Gasteiger partial charge in [0.1, 0.15) is 5.76 Å². The molecule has 0 spiro atoms. The van der Waals surface area contributed by atoms with Gasteiger partial charge < -0.3 is 9.73 Å². The Hall–Kier alpha value is -3.03. The molecule has 1 saturated carbocycles. The summed E-state index contributed by atoms with van der Waals surface area (Å²) < 4.78 is 7.13. The van der Waals surface area contributed by atoms with E-state index < -0.39 is 0 Å². The quantitative estimate of drug-likeness (QED) is 0.225. The molecule has 186 valence electrons. The molecule has 2 aromatic heterocycles. The van der Waals surface area contributed by atoms with Crippen LogP contribution in [0.1, 0.15) is 37.0 Å². The predicted molar refractivity (Wildman–Crippen MR) is 143 cm³/mol. The van der Waals surface area contributed by atoms with Gasteiger partial charge in [-0.15, -0.1) is 0 Å². The molecule has 1 fully saturated rings. The van der Waals surface area contributed by atoms with Crippen LogP contribution in [0.3, 0.4) is 0 Å². The van der Waals surface area contributed by atoms with Gasteiger partial charge in [-0.1, -0.05) is 53.7 Å². The molecule has 1 aliphatic carbocycles. The minimum absolute atomic E-state index is 0.00303. The van der Waals surface area contributed by atoms with E-state index in [9.17, 15) is 9.59 Å². The fourth-order valence-electron chi connectivity index (χ4n) is 4.77. The van der Waals surface area contributed by atoms with E-state index in [0.717, 1.165) is 37.0 Å². The van der Waals surface area contributed by atoms with Gasteiger partial charge in [-0.2, -0.15) is 0 Å². The van der Waals surface area contributed by atoms with Crippen molar-refractivity contribution >= 4 is 40.2 Å². The zero-order valence-electron chi connectivity index (χ0n) is 19.9. The maximum atomic E-state index is 13.5. The van der Waals surface area contributed by atoms with Crippen LogP contribution in [0.2, 0.25) is 5.02 Å². The number of hydrogen-bond acceptors (Lipinski definition) is 5. The van der Waals surface area contributed by atoms with E-state index in [4.69, 9.17) is 21.0 Å². The molecule has 0 atom stereocenters. The van der Waals surface area contributed by atoms with Crippen LogP contribution in [0.5, 0.6) is 0 Å². The molecule has 4 aromatic rings. The maximum absolute atomic E-state index is 13.5. The number of carbonyl (C=O) groups is 1. The molecule has 1 amide bonds. The first kappa shape index (κ1) is 24.7. The standard InChI is InChI=1S/C28H28ClN3O3S/c29-24-9-3-1-6-21(24)18-36-28-31-25-10-4-2-8-23(25)27(34)32(28)17-19-11-13-20(14-12-19)26(33)30-16-22-7-5-15-35-22/h1-10,15,19-20H,11-14,16-18H2,(H,30,33). The summed E-state index contributed by atoms with van der Waals surface area (Å²) in [5.74, 6) is 1.77. The molecule has 2 heterocycles. The Morgan fingerprint density at radius 3 is 2.61 bits per heavy atom. The minimum Gasteiger partial charge on any atom is -0.467 e. The van der Waals surface area contributed by atoms with Crippen molar-refractivity contribution in [3.8, 4) is 0 Å². The van der Waals surface area contributed by atoms with Crippen LogP contribution < -0.4 is 10.9 Å². The summed E-state index contributed by atoms with van der Waals surface area (Å²) in [6.45, 7) is 1.01. The van der Waals surface area contributed by atoms with Crippen molar-refractivity contribution in [1.82, 2.24) is 14.9 Å². The van der Waals surface area contributed by atoms with Crippen molar-refractivity contribution in [1.29, 1.82) is 0 Å². The number of amides is 1. The highest BCUT2D eigenvalue weighted by Crippen LogP contribution is 2.32. The average molecular weight is 522 g/mol. The topological polar surface area (TPSA) is 77.1 Å². The lowest BCUT2D eigenvalue weighted by Crippen LogP contribution is -2.34. The second kappa shape index (κ2) is 11.4. The number of thioether (sulfide) groups is 1. The summed E-state index contributed by atoms with van der Waals surface area (Å²) in [4.78, 5) is 31.0. The van der Waals surface area contributed by atoms with Gasteiger partial charge in [0.25, 0.3) is 5.56 Å². The molecular formula is C28H28ClN3O3S. The molecule has 2 aromatic carbocycles. The summed E-state index contributed by atoms with van der Waals surface area (Å²) in [6, 6.07) is 18.9. The van der Waals surface area contributed by atoms with Gasteiger partial charge in [-0.3, -0.25) is 14.2 Å². The lowest BCUT2D eigenvalue weighted by atomic mass is 9.81. The van der Waals surface area contributed by atoms with E-state index in [1.165, 1.54) is 11.8 Å². The van der Waals surface area contributed by atoms with Crippen molar-refractivity contribution in [2.75, 3.05) is 0 Å². The summed E-state index contributed by atoms with van der Waals surface area (Å²) in [6.07, 6.45) is 5.02. The molecule has 0 aliphatic heterocycles. The Balaban J connectivity index is 1.28. The number of para-hydroxylation sites is 1. The number of carbonyl (C=O) groups excluding carboxylic acids is 1. The minimum atomic E-state index is -0.0134. The van der Waals surface area contributed by atoms with Gasteiger partial charge in [0.15, 0.2) is 5.16 Å². The third-order valence-electron chi connectivity index (χ3n) is 6.82. The highest BCUT2D eigenvalue weighted by Gasteiger charge is 2.27. The number of halogens is 1. The first-order valence-corrected chi connectivity index (χ1v) is 13.6. The zero-order chi connectivity index (χ0) is 24.9. The Morgan fingerprint density at radius 2 is 1.83 bits per heavy atom. The third-order valence-corrected chi connectivity index (χ3v) is 8.21. The fraction of sp³-hybridized carbons (Fsp3) is 0.321. The number of nitrogens with one attached hydrogen (secondary N) is 1. The zero-order valence-corrected chi connectivity index (χ0v) is 21.4. The van der Waals surface area contributed by atoms with Crippen LogP contribution in [-0.4, -0.2) is 15.5 Å². The van der Waals surface area contributed by atoms with E-state index in [1.807, 2.05) is 65.2 Å². The number of furan rings is 1. The van der Waals surface area contributed by atoms with Gasteiger partial charge in [0, 0.05) is 23.2 Å². The SMILES string of the molecule is O=C(NCc1ccco1)C1CCC(Cn2c(SCc3ccccc3Cl)nc3ccccc3c2=O)CC1. The summed E-state index contributed by atoms with van der Waals surface area (Å²) in [5, 5.41) is 5.03. The van der Waals surface area contributed by atoms with Crippen LogP contribution >= 0.6 is 23.4 Å². The second-order valence-electron chi connectivity index (χ2n) is 9.22. The number of nitrogens with zero attached hydrogens (tertiary/aromatic N) is 2. The van der Waals surface area contributed by atoms with E-state index in [2.05, 4.69) is 5.32 Å². The molecule has 0 radical (unpaired) electrons. The second-order valence-corrected chi connectivity index (χ2v) is 10.6. The fourth-order valence-corrected chi connectivity index (χ4v) is 6.07. The molecule has 1 N–H and O–H groups in total. The summed E-state index contributed by atoms with van der Waals surface area (Å²) >= 11 is 7.90. The van der Waals surface area contributed by atoms with E-state index >= 15 is 0 Å². The van der Waals surface area contributed by atoms with Crippen LogP contribution in [0, 0.1) is 11.8 Å². The van der Waals surface area contributed by atoms with Gasteiger partial charge in [-0.25, -0.2) is 4.98 Å². The Bertz CT molecular complexity index is 1390. The van der Waals surface area contributed by atoms with Crippen molar-refractivity contribution < 1.29 is 9.21 Å². The maximum Gasteiger partial charge on any atom is 0.262 e. The molecule has 0 unspecified atom stereocenters. The highest BCUT2D eigenvalue weighted by atomic mass is 35.5. The molecule has 0 saturated heterocycles. The van der Waals surface area contributed by atoms with E-state index in [-0.39, 0.29) is 17.4 Å². The number of benzene rings is 2. The molecule has 0 bridgehead atoms. The largest absolute Gasteiger partial charge is 0.467 e. The van der Waals surface area contributed by atoms with Crippen molar-refractivity contribution in [3.63, 3.8) is 0 Å². The average Bonchev–Trinajstić information content (AvgIpc) is 3.43. The van der Waals surface area contributed by atoms with Gasteiger partial charge in [-0.05, 0) is 67.5 Å². The van der Waals surface area contributed by atoms with E-state index in [0.29, 0.717) is 45.8 Å². The number of hydrogen-bond donors (Lipinski definition) is 1. The van der Waals surface area contributed by atoms with Gasteiger partial charge in [0.05, 0.1) is 23.7 Å². The number of aromatic nitrogens is 2. The normalized spacial score (nSPS) is 17.8. The van der Waals surface area contributed by atoms with Crippen LogP contribution in [-0.2, 0) is 23.6 Å². The summed E-state index contributed by atoms with van der Waals surface area (Å²) in [7, 11) is 0. The predicted octanol–water partition coefficient (Wildman–Crippen LogP) is 6.06. The smallest absolute Gasteiger partial charge is 0.262 e. The molecule has 6 nitrogen and oxygen atoms in total. The van der Waals surface area contributed by atoms with Crippen molar-refractivity contribution in [2.24, 2.45) is 11.8 Å². The van der Waals surface area contributed by atoms with Gasteiger partial charge in [0.2, 0.25) is 5.91 Å². The van der Waals surface area contributed by atoms with Crippen LogP contribution in [0.15, 0.2) is 81.3 Å². The highest BCUT2D eigenvalue weighted by molar-refractivity contribution is 7.98. The Kier molecular flexibility index (Phi) is 7.78. The van der Waals surface area contributed by atoms with Crippen molar-refractivity contribution in [3.05, 3.63) is 93.6 Å². The van der Waals surface area contributed by atoms with Crippen LogP contribution in [0.4, 0.5) is 0 Å². The molecule has 36 heavy (non-hydrogen) atoms. The number of fused-ring (bicyclic) bond motifs is 1. The molecule has 5 rings (SSSR count). The Labute approximate surface area is 219 Å².